The maximum atomic E-state index is 11.3. The van der Waals surface area contributed by atoms with Gasteiger partial charge in [-0.1, -0.05) is 12.1 Å². The topological polar surface area (TPSA) is 128 Å². The van der Waals surface area contributed by atoms with Crippen molar-refractivity contribution in [1.29, 1.82) is 0 Å². The third kappa shape index (κ3) is 4.30. The molecule has 0 unspecified atom stereocenters. The highest BCUT2D eigenvalue weighted by molar-refractivity contribution is 7.71. The molecule has 156 valence electrons. The van der Waals surface area contributed by atoms with Gasteiger partial charge in [0.2, 0.25) is 10.5 Å². The van der Waals surface area contributed by atoms with Crippen LogP contribution in [-0.4, -0.2) is 44.3 Å². The number of ether oxygens (including phenoxy) is 2. The van der Waals surface area contributed by atoms with Crippen molar-refractivity contribution in [3.8, 4) is 28.6 Å². The van der Waals surface area contributed by atoms with Crippen LogP contribution < -0.4 is 9.47 Å². The molecule has 0 aliphatic rings. The molecule has 10 nitrogen and oxygen atoms in total. The summed E-state index contributed by atoms with van der Waals surface area (Å²) in [6.07, 6.45) is 1.37. The Morgan fingerprint density at radius 2 is 1.97 bits per heavy atom. The number of phenols is 1. The second-order valence-electron chi connectivity index (χ2n) is 5.91. The van der Waals surface area contributed by atoms with Crippen LogP contribution in [0.15, 0.2) is 41.5 Å². The van der Waals surface area contributed by atoms with Crippen LogP contribution in [0.5, 0.6) is 17.2 Å². The molecule has 11 heteroatoms. The number of nitro groups is 1. The summed E-state index contributed by atoms with van der Waals surface area (Å²) in [4.78, 5) is 10.6. The number of benzene rings is 2. The zero-order valence-corrected chi connectivity index (χ0v) is 17.0. The average molecular weight is 429 g/mol. The Kier molecular flexibility index (Phi) is 6.42. The molecule has 3 aromatic rings. The van der Waals surface area contributed by atoms with E-state index in [1.807, 2.05) is 31.2 Å². The third-order valence-corrected chi connectivity index (χ3v) is 4.24. The number of nitrogens with zero attached hydrogens (tertiary/aromatic N) is 4. The molecular weight excluding hydrogens is 410 g/mol. The van der Waals surface area contributed by atoms with E-state index in [1.165, 1.54) is 23.0 Å². The van der Waals surface area contributed by atoms with Crippen LogP contribution in [0.3, 0.4) is 0 Å². The average Bonchev–Trinajstić information content (AvgIpc) is 3.09. The summed E-state index contributed by atoms with van der Waals surface area (Å²) in [5.74, 6) is 0.485. The monoisotopic (exact) mass is 429 g/mol. The van der Waals surface area contributed by atoms with Crippen molar-refractivity contribution < 1.29 is 19.5 Å². The number of H-pyrrole nitrogens is 1. The maximum absolute atomic E-state index is 11.3. The lowest BCUT2D eigenvalue weighted by atomic mass is 10.2. The van der Waals surface area contributed by atoms with Gasteiger partial charge in [-0.3, -0.25) is 10.1 Å². The Morgan fingerprint density at radius 3 is 2.67 bits per heavy atom. The highest BCUT2D eigenvalue weighted by atomic mass is 32.1. The van der Waals surface area contributed by atoms with Gasteiger partial charge >= 0.3 is 5.69 Å². The number of aromatic amines is 1. The minimum atomic E-state index is -0.692. The lowest BCUT2D eigenvalue weighted by molar-refractivity contribution is -0.386. The Balaban J connectivity index is 2.06. The van der Waals surface area contributed by atoms with E-state index in [0.717, 1.165) is 0 Å². The van der Waals surface area contributed by atoms with Crippen molar-refractivity contribution >= 4 is 24.1 Å². The molecule has 0 saturated carbocycles. The van der Waals surface area contributed by atoms with Gasteiger partial charge in [-0.05, 0) is 44.3 Å². The Morgan fingerprint density at radius 1 is 1.27 bits per heavy atom. The molecule has 1 heterocycles. The summed E-state index contributed by atoms with van der Waals surface area (Å²) < 4.78 is 12.5. The van der Waals surface area contributed by atoms with Crippen LogP contribution in [0.25, 0.3) is 11.4 Å². The summed E-state index contributed by atoms with van der Waals surface area (Å²) in [7, 11) is 0. The highest BCUT2D eigenvalue weighted by Gasteiger charge is 2.20. The Labute approximate surface area is 176 Å². The number of hydrogen-bond acceptors (Lipinski definition) is 8. The minimum Gasteiger partial charge on any atom is -0.500 e. The van der Waals surface area contributed by atoms with E-state index in [-0.39, 0.29) is 17.1 Å². The Bertz CT molecular complexity index is 1150. The molecule has 0 amide bonds. The number of para-hydroxylation sites is 1. The molecule has 2 aromatic carbocycles. The zero-order valence-electron chi connectivity index (χ0n) is 16.2. The zero-order chi connectivity index (χ0) is 21.7. The van der Waals surface area contributed by atoms with Crippen molar-refractivity contribution in [3.05, 3.63) is 56.8 Å². The first-order chi connectivity index (χ1) is 14.5. The molecule has 0 atom stereocenters. The van der Waals surface area contributed by atoms with Gasteiger partial charge in [0.25, 0.3) is 0 Å². The van der Waals surface area contributed by atoms with E-state index in [2.05, 4.69) is 15.3 Å². The van der Waals surface area contributed by atoms with Gasteiger partial charge in [-0.2, -0.15) is 14.9 Å². The van der Waals surface area contributed by atoms with Crippen LogP contribution in [0.1, 0.15) is 19.4 Å². The van der Waals surface area contributed by atoms with Crippen molar-refractivity contribution in [2.75, 3.05) is 13.2 Å². The molecule has 0 radical (unpaired) electrons. The smallest absolute Gasteiger partial charge is 0.315 e. The quantitative estimate of drug-likeness (QED) is 0.240. The summed E-state index contributed by atoms with van der Waals surface area (Å²) in [6, 6.07) is 9.95. The fourth-order valence-corrected chi connectivity index (χ4v) is 2.90. The maximum Gasteiger partial charge on any atom is 0.315 e. The SMILES string of the molecule is CCOc1ccccc1-c1n[nH]c(=S)n1/N=C\c1cc(OCC)c(O)c([N+](=O)[O-])c1. The molecule has 0 aliphatic heterocycles. The standard InChI is InChI=1S/C19H19N5O5S/c1-3-28-15-8-6-5-7-13(15)18-21-22-19(30)23(18)20-11-12-9-14(24(26)27)17(25)16(10-12)29-4-2/h5-11,25H,3-4H2,1-2H3,(H,22,30)/b20-11-. The first-order valence-corrected chi connectivity index (χ1v) is 9.45. The number of hydrogen-bond donors (Lipinski definition) is 2. The van der Waals surface area contributed by atoms with E-state index < -0.39 is 16.4 Å². The molecule has 1 aromatic heterocycles. The minimum absolute atomic E-state index is 0.00847. The third-order valence-electron chi connectivity index (χ3n) is 3.97. The molecule has 0 fully saturated rings. The van der Waals surface area contributed by atoms with Gasteiger partial charge in [0.1, 0.15) is 5.75 Å². The van der Waals surface area contributed by atoms with Gasteiger partial charge < -0.3 is 14.6 Å². The molecule has 0 bridgehead atoms. The van der Waals surface area contributed by atoms with E-state index in [4.69, 9.17) is 21.7 Å². The second kappa shape index (κ2) is 9.18. The summed E-state index contributed by atoms with van der Waals surface area (Å²) >= 11 is 5.27. The predicted molar refractivity (Wildman–Crippen MR) is 113 cm³/mol. The number of nitro benzene ring substituents is 1. The predicted octanol–water partition coefficient (Wildman–Crippen LogP) is 3.90. The molecule has 0 aliphatic carbocycles. The van der Waals surface area contributed by atoms with Crippen molar-refractivity contribution in [3.63, 3.8) is 0 Å². The van der Waals surface area contributed by atoms with Gasteiger partial charge in [0.15, 0.2) is 11.6 Å². The highest BCUT2D eigenvalue weighted by Crippen LogP contribution is 2.36. The molecule has 0 spiro atoms. The first kappa shape index (κ1) is 21.0. The Hall–Kier alpha value is -3.73. The van der Waals surface area contributed by atoms with Crippen LogP contribution in [0.2, 0.25) is 0 Å². The number of phenolic OH excluding ortho intramolecular Hbond substituents is 1. The number of nitrogens with one attached hydrogen (secondary N) is 1. The molecule has 2 N–H and O–H groups in total. The fraction of sp³-hybridized carbons (Fsp3) is 0.211. The summed E-state index contributed by atoms with van der Waals surface area (Å²) in [5, 5.41) is 32.5. The van der Waals surface area contributed by atoms with E-state index in [1.54, 1.807) is 6.92 Å². The van der Waals surface area contributed by atoms with E-state index in [9.17, 15) is 15.2 Å². The van der Waals surface area contributed by atoms with Crippen molar-refractivity contribution in [2.24, 2.45) is 5.10 Å². The lowest BCUT2D eigenvalue weighted by Gasteiger charge is -2.09. The fourth-order valence-electron chi connectivity index (χ4n) is 2.72. The normalized spacial score (nSPS) is 11.0. The summed E-state index contributed by atoms with van der Waals surface area (Å²) in [5.41, 5.74) is 0.533. The van der Waals surface area contributed by atoms with Crippen LogP contribution in [0.4, 0.5) is 5.69 Å². The van der Waals surface area contributed by atoms with Crippen LogP contribution in [0, 0.1) is 14.9 Å². The summed E-state index contributed by atoms with van der Waals surface area (Å²) in [6.45, 7) is 4.29. The van der Waals surface area contributed by atoms with E-state index >= 15 is 0 Å². The van der Waals surface area contributed by atoms with Crippen molar-refractivity contribution in [1.82, 2.24) is 14.9 Å². The first-order valence-electron chi connectivity index (χ1n) is 9.04. The number of aromatic hydroxyl groups is 1. The van der Waals surface area contributed by atoms with Gasteiger partial charge in [-0.15, -0.1) is 0 Å². The molecule has 3 rings (SSSR count). The van der Waals surface area contributed by atoms with Gasteiger partial charge in [0, 0.05) is 11.6 Å². The van der Waals surface area contributed by atoms with Crippen molar-refractivity contribution in [2.45, 2.75) is 13.8 Å². The largest absolute Gasteiger partial charge is 0.500 e. The lowest BCUT2D eigenvalue weighted by Crippen LogP contribution is -2.00. The van der Waals surface area contributed by atoms with Gasteiger partial charge in [0.05, 0.1) is 29.9 Å². The second-order valence-corrected chi connectivity index (χ2v) is 6.30. The van der Waals surface area contributed by atoms with Gasteiger partial charge in [-0.25, -0.2) is 5.10 Å². The van der Waals surface area contributed by atoms with Crippen LogP contribution in [-0.2, 0) is 0 Å². The molecule has 30 heavy (non-hydrogen) atoms. The number of aromatic nitrogens is 3. The molecular formula is C19H19N5O5S. The number of rotatable bonds is 8. The van der Waals surface area contributed by atoms with Crippen LogP contribution >= 0.6 is 12.2 Å². The van der Waals surface area contributed by atoms with E-state index in [0.29, 0.717) is 29.3 Å². The molecule has 0 saturated heterocycles.